The van der Waals surface area contributed by atoms with Crippen LogP contribution in [0.4, 0.5) is 42.2 Å². The molecule has 2 aromatic carbocycles. The van der Waals surface area contributed by atoms with Crippen LogP contribution in [-0.2, 0) is 16.0 Å². The summed E-state index contributed by atoms with van der Waals surface area (Å²) < 4.78 is 91.5. The molecule has 5 rings (SSSR count). The average molecular weight is 714 g/mol. The van der Waals surface area contributed by atoms with E-state index in [0.717, 1.165) is 30.8 Å². The van der Waals surface area contributed by atoms with Crippen molar-refractivity contribution in [3.63, 3.8) is 0 Å². The number of alkyl halides is 5. The summed E-state index contributed by atoms with van der Waals surface area (Å²) in [6.45, 7) is 1.68. The lowest BCUT2D eigenvalue weighted by atomic mass is 10.0. The van der Waals surface area contributed by atoms with Crippen molar-refractivity contribution in [1.29, 1.82) is 0 Å². The van der Waals surface area contributed by atoms with Crippen molar-refractivity contribution in [3.05, 3.63) is 71.7 Å². The predicted octanol–water partition coefficient (Wildman–Crippen LogP) is 4.77. The molecule has 0 atom stereocenters. The molecule has 268 valence electrons. The van der Waals surface area contributed by atoms with Gasteiger partial charge in [-0.15, -0.1) is 0 Å². The van der Waals surface area contributed by atoms with Gasteiger partial charge in [-0.2, -0.15) is 26.3 Å². The zero-order valence-corrected chi connectivity index (χ0v) is 26.2. The van der Waals surface area contributed by atoms with Crippen LogP contribution in [-0.4, -0.2) is 87.7 Å². The van der Waals surface area contributed by atoms with Crippen molar-refractivity contribution in [2.45, 2.75) is 32.6 Å². The van der Waals surface area contributed by atoms with Gasteiger partial charge >= 0.3 is 18.8 Å². The number of rotatable bonds is 10. The number of hydrogen-bond acceptors (Lipinski definition) is 8. The summed E-state index contributed by atoms with van der Waals surface area (Å²) in [7, 11) is 0. The summed E-state index contributed by atoms with van der Waals surface area (Å²) in [5, 5.41) is 16.3. The highest BCUT2D eigenvalue weighted by Gasteiger charge is 2.38. The molecule has 2 aromatic heterocycles. The number of benzene rings is 2. The molecular weight excluding hydrogens is 683 g/mol. The van der Waals surface area contributed by atoms with E-state index in [4.69, 9.17) is 9.90 Å². The Morgan fingerprint density at radius 1 is 1.06 bits per heavy atom. The van der Waals surface area contributed by atoms with Crippen molar-refractivity contribution in [1.82, 2.24) is 29.9 Å². The highest BCUT2D eigenvalue weighted by molar-refractivity contribution is 5.96. The van der Waals surface area contributed by atoms with Crippen molar-refractivity contribution < 1.29 is 55.0 Å². The average Bonchev–Trinajstić information content (AvgIpc) is 3.51. The first-order valence-corrected chi connectivity index (χ1v) is 14.9. The first-order valence-electron chi connectivity index (χ1n) is 14.9. The maximum atomic E-state index is 14.8. The van der Waals surface area contributed by atoms with Crippen LogP contribution in [0.5, 0.6) is 5.75 Å². The quantitative estimate of drug-likeness (QED) is 0.171. The van der Waals surface area contributed by atoms with Gasteiger partial charge in [-0.05, 0) is 42.3 Å². The zero-order chi connectivity index (χ0) is 36.6. The van der Waals surface area contributed by atoms with Crippen LogP contribution in [0.25, 0.3) is 16.9 Å². The zero-order valence-electron chi connectivity index (χ0n) is 26.2. The largest absolute Gasteiger partial charge is 0.490 e. The number of nitrogens with zero attached hydrogens (tertiary/aromatic N) is 4. The van der Waals surface area contributed by atoms with Crippen LogP contribution in [0.2, 0.25) is 0 Å². The molecule has 4 N–H and O–H groups in total. The number of carbonyl (C=O) groups excluding carboxylic acids is 2. The summed E-state index contributed by atoms with van der Waals surface area (Å²) in [6, 6.07) is 7.23. The third-order valence-electron chi connectivity index (χ3n) is 7.30. The van der Waals surface area contributed by atoms with Gasteiger partial charge in [-0.3, -0.25) is 14.0 Å². The Kier molecular flexibility index (Phi) is 12.2. The SMILES string of the molecule is CCc1cc(Nc2nccn3c(-c4ccc(OC(F)F)c(F)c4F)cnc23)ccc1C(=O)NCCC(=O)N1CCNCC1.O=C(O)C(F)(F)F. The number of imidazole rings is 1. The molecule has 0 bridgehead atoms. The van der Waals surface area contributed by atoms with Gasteiger partial charge in [-0.25, -0.2) is 19.2 Å². The molecule has 0 aliphatic carbocycles. The second-order valence-corrected chi connectivity index (χ2v) is 10.5. The van der Waals surface area contributed by atoms with Crippen LogP contribution in [0.3, 0.4) is 0 Å². The van der Waals surface area contributed by atoms with Crippen LogP contribution in [0.1, 0.15) is 29.3 Å². The molecule has 12 nitrogen and oxygen atoms in total. The molecule has 3 heterocycles. The summed E-state index contributed by atoms with van der Waals surface area (Å²) in [6.07, 6.45) is -0.0569. The number of fused-ring (bicyclic) bond motifs is 1. The third kappa shape index (κ3) is 9.16. The highest BCUT2D eigenvalue weighted by Crippen LogP contribution is 2.32. The van der Waals surface area contributed by atoms with Gasteiger partial charge < -0.3 is 30.7 Å². The molecule has 0 unspecified atom stereocenters. The molecule has 0 radical (unpaired) electrons. The van der Waals surface area contributed by atoms with Crippen LogP contribution >= 0.6 is 0 Å². The summed E-state index contributed by atoms with van der Waals surface area (Å²) >= 11 is 0. The number of aromatic nitrogens is 3. The Hall–Kier alpha value is -5.46. The van der Waals surface area contributed by atoms with Gasteiger partial charge in [0.2, 0.25) is 11.7 Å². The first kappa shape index (κ1) is 37.4. The van der Waals surface area contributed by atoms with Crippen molar-refractivity contribution in [2.24, 2.45) is 0 Å². The Morgan fingerprint density at radius 3 is 2.40 bits per heavy atom. The summed E-state index contributed by atoms with van der Waals surface area (Å²) in [4.78, 5) is 44.6. The van der Waals surface area contributed by atoms with Crippen LogP contribution in [0, 0.1) is 11.6 Å². The van der Waals surface area contributed by atoms with E-state index in [1.165, 1.54) is 23.0 Å². The fraction of sp³-hybridized carbons (Fsp3) is 0.323. The number of hydrogen-bond donors (Lipinski definition) is 4. The van der Waals surface area contributed by atoms with Crippen LogP contribution in [0.15, 0.2) is 48.9 Å². The van der Waals surface area contributed by atoms with E-state index in [1.807, 2.05) is 6.92 Å². The van der Waals surface area contributed by atoms with E-state index in [2.05, 4.69) is 30.7 Å². The van der Waals surface area contributed by atoms with E-state index in [-0.39, 0.29) is 36.0 Å². The molecule has 2 amide bonds. The molecule has 1 saturated heterocycles. The number of piperazine rings is 1. The molecule has 1 aliphatic rings. The van der Waals surface area contributed by atoms with E-state index in [1.54, 1.807) is 23.1 Å². The smallest absolute Gasteiger partial charge is 0.475 e. The fourth-order valence-electron chi connectivity index (χ4n) is 4.90. The van der Waals surface area contributed by atoms with E-state index in [9.17, 15) is 40.3 Å². The minimum absolute atomic E-state index is 0.00605. The summed E-state index contributed by atoms with van der Waals surface area (Å²) in [5.41, 5.74) is 2.10. The van der Waals surface area contributed by atoms with Crippen molar-refractivity contribution >= 4 is 34.9 Å². The monoisotopic (exact) mass is 713 g/mol. The Bertz CT molecular complexity index is 1850. The number of ether oxygens (including phenoxy) is 1. The number of carboxylic acids is 1. The molecular formula is C31H30F7N7O5. The van der Waals surface area contributed by atoms with Crippen molar-refractivity contribution in [2.75, 3.05) is 38.0 Å². The highest BCUT2D eigenvalue weighted by atomic mass is 19.4. The van der Waals surface area contributed by atoms with E-state index >= 15 is 0 Å². The number of aryl methyl sites for hydroxylation is 1. The maximum Gasteiger partial charge on any atom is 0.490 e. The van der Waals surface area contributed by atoms with Crippen LogP contribution < -0.4 is 20.7 Å². The van der Waals surface area contributed by atoms with Gasteiger partial charge in [0.25, 0.3) is 5.91 Å². The molecule has 19 heteroatoms. The fourth-order valence-corrected chi connectivity index (χ4v) is 4.90. The number of carboxylic acid groups (broad SMARTS) is 1. The molecule has 1 fully saturated rings. The number of aliphatic carboxylic acids is 1. The predicted molar refractivity (Wildman–Crippen MR) is 164 cm³/mol. The molecule has 50 heavy (non-hydrogen) atoms. The molecule has 0 spiro atoms. The Morgan fingerprint density at radius 2 is 1.76 bits per heavy atom. The Balaban J connectivity index is 0.000000727. The second kappa shape index (κ2) is 16.3. The first-order chi connectivity index (χ1) is 23.7. The van der Waals surface area contributed by atoms with Gasteiger partial charge in [0, 0.05) is 68.4 Å². The minimum Gasteiger partial charge on any atom is -0.475 e. The Labute approximate surface area is 279 Å². The summed E-state index contributed by atoms with van der Waals surface area (Å²) in [5.74, 6) is -6.53. The number of amides is 2. The molecule has 4 aromatic rings. The van der Waals surface area contributed by atoms with E-state index in [0.29, 0.717) is 42.2 Å². The van der Waals surface area contributed by atoms with Gasteiger partial charge in [0.15, 0.2) is 23.0 Å². The lowest BCUT2D eigenvalue weighted by Gasteiger charge is -2.27. The number of carbonyl (C=O) groups is 3. The number of nitrogens with one attached hydrogen (secondary N) is 3. The lowest BCUT2D eigenvalue weighted by Crippen LogP contribution is -2.47. The third-order valence-corrected chi connectivity index (χ3v) is 7.30. The normalized spacial score (nSPS) is 13.1. The van der Waals surface area contributed by atoms with E-state index < -0.39 is 36.1 Å². The molecule has 0 saturated carbocycles. The second-order valence-electron chi connectivity index (χ2n) is 10.5. The minimum atomic E-state index is -5.08. The number of halogens is 7. The topological polar surface area (TPSA) is 150 Å². The van der Waals surface area contributed by atoms with Gasteiger partial charge in [0.05, 0.1) is 11.9 Å². The number of anilines is 2. The standard InChI is InChI=1S/C29H29F4N7O3.C2HF3O2/c1-2-17-15-18(3-4-19(17)28(42)36-8-7-23(41)39-12-9-34-10-13-39)38-26-27-37-16-21(40(27)14-11-35-26)20-5-6-22(43-29(32)33)25(31)24(20)30;3-2(4,5)1(6)7/h3-6,11,14-16,29,34H,2,7-10,12-13H2,1H3,(H,35,38)(H,36,42);(H,6,7). The van der Waals surface area contributed by atoms with Gasteiger partial charge in [-0.1, -0.05) is 6.92 Å². The van der Waals surface area contributed by atoms with Gasteiger partial charge in [0.1, 0.15) is 0 Å². The molecule has 1 aliphatic heterocycles. The lowest BCUT2D eigenvalue weighted by molar-refractivity contribution is -0.192. The van der Waals surface area contributed by atoms with Crippen molar-refractivity contribution in [3.8, 4) is 17.0 Å². The maximum absolute atomic E-state index is 14.8.